The molecule has 2 N–H and O–H groups in total. The van der Waals surface area contributed by atoms with Crippen LogP contribution in [0, 0.1) is 0 Å². The molecule has 0 bridgehead atoms. The number of aromatic amines is 1. The second-order valence-corrected chi connectivity index (χ2v) is 5.26. The molecule has 0 fully saturated rings. The Balaban J connectivity index is 1.75. The third-order valence-electron chi connectivity index (χ3n) is 3.83. The number of nitrogens with zero attached hydrogens (tertiary/aromatic N) is 4. The molecule has 7 heteroatoms. The molecule has 1 aromatic carbocycles. The fraction of sp³-hybridized carbons (Fsp3) is 0.125. The van der Waals surface area contributed by atoms with E-state index in [9.17, 15) is 4.79 Å². The fourth-order valence-corrected chi connectivity index (χ4v) is 2.65. The molecule has 0 saturated heterocycles. The molecular formula is C16H14N6O. The Labute approximate surface area is 131 Å². The highest BCUT2D eigenvalue weighted by Gasteiger charge is 2.12. The van der Waals surface area contributed by atoms with E-state index < -0.39 is 0 Å². The molecule has 0 amide bonds. The van der Waals surface area contributed by atoms with Crippen molar-refractivity contribution in [1.29, 1.82) is 0 Å². The van der Waals surface area contributed by atoms with Crippen LogP contribution < -0.4 is 10.9 Å². The number of nitrogens with one attached hydrogen (secondary N) is 2. The highest BCUT2D eigenvalue weighted by atomic mass is 16.1. The zero-order valence-electron chi connectivity index (χ0n) is 12.4. The first-order valence-electron chi connectivity index (χ1n) is 7.24. The fourth-order valence-electron chi connectivity index (χ4n) is 2.65. The van der Waals surface area contributed by atoms with Crippen LogP contribution in [0.1, 0.15) is 13.1 Å². The maximum absolute atomic E-state index is 12.6. The summed E-state index contributed by atoms with van der Waals surface area (Å²) in [6.07, 6.45) is 4.53. The molecule has 0 aliphatic carbocycles. The van der Waals surface area contributed by atoms with Gasteiger partial charge in [-0.15, -0.1) is 0 Å². The summed E-state index contributed by atoms with van der Waals surface area (Å²) in [7, 11) is 0. The van der Waals surface area contributed by atoms with Gasteiger partial charge in [0.2, 0.25) is 0 Å². The van der Waals surface area contributed by atoms with E-state index in [2.05, 4.69) is 25.3 Å². The molecule has 4 rings (SSSR count). The standard InChI is InChI=1S/C16H14N6O/c1-10(21-15-13-14(18-8-17-13)19-9-20-15)22-7-6-11-4-2-3-5-12(11)16(22)23/h2-10H,1H3,(H2,17,18,19,20,21)/t10-/m0/s1. The van der Waals surface area contributed by atoms with Crippen molar-refractivity contribution in [2.45, 2.75) is 13.1 Å². The molecule has 114 valence electrons. The third-order valence-corrected chi connectivity index (χ3v) is 3.83. The van der Waals surface area contributed by atoms with Gasteiger partial charge in [-0.05, 0) is 24.4 Å². The summed E-state index contributed by atoms with van der Waals surface area (Å²) < 4.78 is 1.65. The number of aromatic nitrogens is 5. The zero-order valence-corrected chi connectivity index (χ0v) is 12.4. The number of hydrogen-bond acceptors (Lipinski definition) is 5. The van der Waals surface area contributed by atoms with Gasteiger partial charge in [0.25, 0.3) is 5.56 Å². The van der Waals surface area contributed by atoms with Gasteiger partial charge in [0.1, 0.15) is 18.0 Å². The Morgan fingerprint density at radius 3 is 2.96 bits per heavy atom. The molecule has 23 heavy (non-hydrogen) atoms. The lowest BCUT2D eigenvalue weighted by Crippen LogP contribution is -2.27. The Morgan fingerprint density at radius 2 is 2.04 bits per heavy atom. The second-order valence-electron chi connectivity index (χ2n) is 5.26. The molecule has 0 unspecified atom stereocenters. The van der Waals surface area contributed by atoms with E-state index in [1.165, 1.54) is 6.33 Å². The Bertz CT molecular complexity index is 1050. The van der Waals surface area contributed by atoms with E-state index in [1.807, 2.05) is 37.3 Å². The van der Waals surface area contributed by atoms with Crippen molar-refractivity contribution in [1.82, 2.24) is 24.5 Å². The molecular weight excluding hydrogens is 292 g/mol. The van der Waals surface area contributed by atoms with Crippen LogP contribution in [0.15, 0.2) is 54.0 Å². The number of imidazole rings is 1. The average Bonchev–Trinajstić information content (AvgIpc) is 3.05. The number of benzene rings is 1. The molecule has 0 saturated carbocycles. The van der Waals surface area contributed by atoms with Crippen LogP contribution in [0.3, 0.4) is 0 Å². The predicted molar refractivity (Wildman–Crippen MR) is 88.2 cm³/mol. The van der Waals surface area contributed by atoms with Crippen molar-refractivity contribution in [3.8, 4) is 0 Å². The van der Waals surface area contributed by atoms with Crippen LogP contribution in [0.25, 0.3) is 21.9 Å². The first-order chi connectivity index (χ1) is 11.2. The monoisotopic (exact) mass is 306 g/mol. The predicted octanol–water partition coefficient (Wildman–Crippen LogP) is 2.30. The van der Waals surface area contributed by atoms with Crippen LogP contribution >= 0.6 is 0 Å². The Hall–Kier alpha value is -3.22. The van der Waals surface area contributed by atoms with E-state index in [0.717, 1.165) is 5.39 Å². The zero-order chi connectivity index (χ0) is 15.8. The van der Waals surface area contributed by atoms with Crippen LogP contribution in [0.5, 0.6) is 0 Å². The van der Waals surface area contributed by atoms with E-state index in [4.69, 9.17) is 0 Å². The molecule has 0 spiro atoms. The van der Waals surface area contributed by atoms with Crippen LogP contribution in [-0.2, 0) is 0 Å². The molecule has 4 aromatic rings. The van der Waals surface area contributed by atoms with E-state index in [0.29, 0.717) is 22.4 Å². The number of hydrogen-bond donors (Lipinski definition) is 2. The summed E-state index contributed by atoms with van der Waals surface area (Å²) in [4.78, 5) is 28.1. The van der Waals surface area contributed by atoms with Gasteiger partial charge in [-0.2, -0.15) is 0 Å². The molecule has 0 aliphatic heterocycles. The average molecular weight is 306 g/mol. The van der Waals surface area contributed by atoms with Crippen molar-refractivity contribution in [2.24, 2.45) is 0 Å². The minimum absolute atomic E-state index is 0.0435. The van der Waals surface area contributed by atoms with Crippen molar-refractivity contribution in [2.75, 3.05) is 5.32 Å². The lowest BCUT2D eigenvalue weighted by Gasteiger charge is -2.18. The molecule has 0 radical (unpaired) electrons. The minimum atomic E-state index is -0.270. The summed E-state index contributed by atoms with van der Waals surface area (Å²) in [5.41, 5.74) is 1.26. The summed E-state index contributed by atoms with van der Waals surface area (Å²) in [5.74, 6) is 0.611. The Morgan fingerprint density at radius 1 is 1.17 bits per heavy atom. The van der Waals surface area contributed by atoms with Gasteiger partial charge < -0.3 is 10.3 Å². The molecule has 3 aromatic heterocycles. The van der Waals surface area contributed by atoms with Crippen LogP contribution in [0.2, 0.25) is 0 Å². The van der Waals surface area contributed by atoms with Crippen LogP contribution in [0.4, 0.5) is 5.82 Å². The van der Waals surface area contributed by atoms with Gasteiger partial charge in [0, 0.05) is 11.6 Å². The minimum Gasteiger partial charge on any atom is -0.348 e. The molecule has 7 nitrogen and oxygen atoms in total. The normalized spacial score (nSPS) is 12.6. The van der Waals surface area contributed by atoms with Gasteiger partial charge in [-0.3, -0.25) is 9.36 Å². The van der Waals surface area contributed by atoms with Gasteiger partial charge in [-0.25, -0.2) is 15.0 Å². The maximum atomic E-state index is 12.6. The van der Waals surface area contributed by atoms with E-state index in [1.54, 1.807) is 17.1 Å². The number of fused-ring (bicyclic) bond motifs is 2. The first kappa shape index (κ1) is 13.4. The Kier molecular flexibility index (Phi) is 3.04. The third kappa shape index (κ3) is 2.22. The van der Waals surface area contributed by atoms with E-state index >= 15 is 0 Å². The molecule has 3 heterocycles. The lowest BCUT2D eigenvalue weighted by molar-refractivity contribution is 0.595. The highest BCUT2D eigenvalue weighted by molar-refractivity contribution is 5.82. The summed E-state index contributed by atoms with van der Waals surface area (Å²) in [6, 6.07) is 9.48. The summed E-state index contributed by atoms with van der Waals surface area (Å²) >= 11 is 0. The number of rotatable bonds is 3. The summed E-state index contributed by atoms with van der Waals surface area (Å²) in [5, 5.41) is 4.86. The SMILES string of the molecule is C[C@@H](Nc1ncnc2nc[nH]c12)n1ccc2ccccc2c1=O. The van der Waals surface area contributed by atoms with Gasteiger partial charge in [0.05, 0.1) is 6.33 Å². The van der Waals surface area contributed by atoms with Crippen molar-refractivity contribution in [3.63, 3.8) is 0 Å². The lowest BCUT2D eigenvalue weighted by atomic mass is 10.2. The van der Waals surface area contributed by atoms with Crippen molar-refractivity contribution >= 4 is 27.8 Å². The van der Waals surface area contributed by atoms with Crippen LogP contribution in [-0.4, -0.2) is 24.5 Å². The second kappa shape index (κ2) is 5.20. The first-order valence-corrected chi connectivity index (χ1v) is 7.24. The quantitative estimate of drug-likeness (QED) is 0.606. The van der Waals surface area contributed by atoms with E-state index in [-0.39, 0.29) is 11.7 Å². The summed E-state index contributed by atoms with van der Waals surface area (Å²) in [6.45, 7) is 1.90. The van der Waals surface area contributed by atoms with Gasteiger partial charge in [-0.1, -0.05) is 18.2 Å². The van der Waals surface area contributed by atoms with Gasteiger partial charge >= 0.3 is 0 Å². The number of H-pyrrole nitrogens is 1. The topological polar surface area (TPSA) is 88.5 Å². The van der Waals surface area contributed by atoms with Crippen molar-refractivity contribution < 1.29 is 0 Å². The maximum Gasteiger partial charge on any atom is 0.260 e. The smallest absolute Gasteiger partial charge is 0.260 e. The highest BCUT2D eigenvalue weighted by Crippen LogP contribution is 2.18. The molecule has 1 atom stereocenters. The van der Waals surface area contributed by atoms with Crippen molar-refractivity contribution in [3.05, 3.63) is 59.5 Å². The van der Waals surface area contributed by atoms with Gasteiger partial charge in [0.15, 0.2) is 11.5 Å². The molecule has 0 aliphatic rings. The number of pyridine rings is 1. The largest absolute Gasteiger partial charge is 0.348 e. The number of anilines is 1.